The molecule has 1 aliphatic heterocycles. The Hall–Kier alpha value is -2.64. The summed E-state index contributed by atoms with van der Waals surface area (Å²) in [6.45, 7) is 1.89. The Labute approximate surface area is 199 Å². The van der Waals surface area contributed by atoms with E-state index in [4.69, 9.17) is 16.3 Å². The van der Waals surface area contributed by atoms with Crippen molar-refractivity contribution in [3.8, 4) is 17.0 Å². The van der Waals surface area contributed by atoms with Crippen molar-refractivity contribution in [1.29, 1.82) is 0 Å². The smallest absolute Gasteiger partial charge is 0.253 e. The summed E-state index contributed by atoms with van der Waals surface area (Å²) in [6, 6.07) is 8.81. The second-order valence-electron chi connectivity index (χ2n) is 8.70. The maximum Gasteiger partial charge on any atom is 0.253 e. The number of carbonyl (C=O) groups is 2. The summed E-state index contributed by atoms with van der Waals surface area (Å²) in [5.74, 6) is 0.371. The van der Waals surface area contributed by atoms with Crippen molar-refractivity contribution >= 4 is 23.4 Å². The first kappa shape index (κ1) is 23.5. The monoisotopic (exact) mass is 471 g/mol. The van der Waals surface area contributed by atoms with E-state index in [1.165, 1.54) is 6.20 Å². The molecule has 2 aromatic rings. The second kappa shape index (κ2) is 11.0. The van der Waals surface area contributed by atoms with Gasteiger partial charge in [-0.15, -0.1) is 0 Å². The fourth-order valence-electron chi connectivity index (χ4n) is 4.42. The minimum absolute atomic E-state index is 0.202. The van der Waals surface area contributed by atoms with Crippen molar-refractivity contribution in [1.82, 2.24) is 15.2 Å². The number of nitrogens with one attached hydrogen (secondary N) is 1. The Morgan fingerprint density at radius 1 is 1.21 bits per heavy atom. The quantitative estimate of drug-likeness (QED) is 0.571. The van der Waals surface area contributed by atoms with Crippen molar-refractivity contribution < 1.29 is 19.4 Å². The number of ether oxygens (including phenoxy) is 1. The van der Waals surface area contributed by atoms with Crippen molar-refractivity contribution in [3.05, 3.63) is 47.1 Å². The van der Waals surface area contributed by atoms with Gasteiger partial charge in [0.25, 0.3) is 5.91 Å². The van der Waals surface area contributed by atoms with E-state index in [2.05, 4.69) is 10.3 Å². The van der Waals surface area contributed by atoms with Gasteiger partial charge < -0.3 is 20.1 Å². The number of aromatic nitrogens is 1. The molecule has 1 aliphatic carbocycles. The molecule has 1 aromatic carbocycles. The maximum atomic E-state index is 12.9. The third-order valence-electron chi connectivity index (χ3n) is 6.30. The number of halogens is 1. The van der Waals surface area contributed by atoms with Crippen LogP contribution in [0.5, 0.6) is 5.88 Å². The Kier molecular flexibility index (Phi) is 7.83. The Balaban J connectivity index is 1.47. The lowest BCUT2D eigenvalue weighted by Crippen LogP contribution is -2.45. The van der Waals surface area contributed by atoms with Gasteiger partial charge in [-0.2, -0.15) is 0 Å². The van der Waals surface area contributed by atoms with E-state index in [9.17, 15) is 14.7 Å². The van der Waals surface area contributed by atoms with E-state index in [1.807, 2.05) is 17.0 Å². The first-order valence-corrected chi connectivity index (χ1v) is 12.0. The van der Waals surface area contributed by atoms with E-state index in [0.29, 0.717) is 54.4 Å². The third kappa shape index (κ3) is 6.03. The van der Waals surface area contributed by atoms with Gasteiger partial charge >= 0.3 is 0 Å². The normalized spacial score (nSPS) is 20.7. The fourth-order valence-corrected chi connectivity index (χ4v) is 4.55. The summed E-state index contributed by atoms with van der Waals surface area (Å²) in [7, 11) is 0. The van der Waals surface area contributed by atoms with Crippen LogP contribution < -0.4 is 10.1 Å². The highest BCUT2D eigenvalue weighted by Crippen LogP contribution is 2.30. The zero-order valence-corrected chi connectivity index (χ0v) is 19.4. The molecule has 2 N–H and O–H groups in total. The molecule has 2 amide bonds. The molecule has 33 heavy (non-hydrogen) atoms. The molecule has 2 aliphatic rings. The predicted molar refractivity (Wildman–Crippen MR) is 126 cm³/mol. The first-order chi connectivity index (χ1) is 16.0. The van der Waals surface area contributed by atoms with Crippen molar-refractivity contribution in [2.75, 3.05) is 19.7 Å². The van der Waals surface area contributed by atoms with Crippen LogP contribution in [0.2, 0.25) is 5.02 Å². The molecule has 2 atom stereocenters. The average Bonchev–Trinajstić information content (AvgIpc) is 3.23. The molecule has 2 fully saturated rings. The van der Waals surface area contributed by atoms with Crippen LogP contribution in [0, 0.1) is 0 Å². The summed E-state index contributed by atoms with van der Waals surface area (Å²) >= 11 is 6.05. The molecule has 4 rings (SSSR count). The van der Waals surface area contributed by atoms with Gasteiger partial charge in [-0.3, -0.25) is 9.59 Å². The average molecular weight is 472 g/mol. The summed E-state index contributed by atoms with van der Waals surface area (Å²) in [6.07, 6.45) is 6.68. The standard InChI is InChI=1S/C25H30ClN3O4/c26-19-10-8-17(9-11-19)20-15-18(24(32)28-21-5-1-2-6-22(21)30)16-27-25(20)33-14-4-13-29-12-3-7-23(29)31/h8-11,15-16,21-22,30H,1-7,12-14H2,(H,28,32). The topological polar surface area (TPSA) is 91.8 Å². The molecular formula is C25H30ClN3O4. The van der Waals surface area contributed by atoms with Crippen LogP contribution in [0.4, 0.5) is 0 Å². The number of nitrogens with zero attached hydrogens (tertiary/aromatic N) is 2. The van der Waals surface area contributed by atoms with Gasteiger partial charge in [0.1, 0.15) is 0 Å². The van der Waals surface area contributed by atoms with Gasteiger partial charge in [0.2, 0.25) is 11.8 Å². The molecule has 176 valence electrons. The van der Waals surface area contributed by atoms with Gasteiger partial charge in [-0.05, 0) is 49.4 Å². The molecule has 0 radical (unpaired) electrons. The largest absolute Gasteiger partial charge is 0.477 e. The molecular weight excluding hydrogens is 442 g/mol. The van der Waals surface area contributed by atoms with Gasteiger partial charge in [0.15, 0.2) is 0 Å². The van der Waals surface area contributed by atoms with E-state index < -0.39 is 6.10 Å². The molecule has 1 aromatic heterocycles. The minimum atomic E-state index is -0.517. The Morgan fingerprint density at radius 2 is 2.00 bits per heavy atom. The zero-order valence-electron chi connectivity index (χ0n) is 18.6. The number of hydrogen-bond donors (Lipinski definition) is 2. The van der Waals surface area contributed by atoms with Crippen LogP contribution in [0.25, 0.3) is 11.1 Å². The molecule has 1 saturated carbocycles. The molecule has 2 unspecified atom stereocenters. The number of rotatable bonds is 8. The van der Waals surface area contributed by atoms with Crippen molar-refractivity contribution in [3.63, 3.8) is 0 Å². The van der Waals surface area contributed by atoms with Crippen LogP contribution in [-0.2, 0) is 4.79 Å². The number of amides is 2. The van der Waals surface area contributed by atoms with Crippen LogP contribution in [0.1, 0.15) is 55.3 Å². The Bertz CT molecular complexity index is 982. The maximum absolute atomic E-state index is 12.9. The van der Waals surface area contributed by atoms with Crippen LogP contribution in [0.15, 0.2) is 36.5 Å². The van der Waals surface area contributed by atoms with Crippen LogP contribution >= 0.6 is 11.6 Å². The Morgan fingerprint density at radius 3 is 2.73 bits per heavy atom. The van der Waals surface area contributed by atoms with Gasteiger partial charge in [0, 0.05) is 36.3 Å². The van der Waals surface area contributed by atoms with E-state index in [0.717, 1.165) is 37.8 Å². The van der Waals surface area contributed by atoms with E-state index in [-0.39, 0.29) is 17.9 Å². The number of aliphatic hydroxyl groups is 1. The first-order valence-electron chi connectivity index (χ1n) is 11.7. The SMILES string of the molecule is O=C(NC1CCCCC1O)c1cnc(OCCCN2CCCC2=O)c(-c2ccc(Cl)cc2)c1. The lowest BCUT2D eigenvalue weighted by atomic mass is 9.92. The number of aliphatic hydroxyl groups excluding tert-OH is 1. The van der Waals surface area contributed by atoms with Gasteiger partial charge in [-0.1, -0.05) is 36.6 Å². The highest BCUT2D eigenvalue weighted by atomic mass is 35.5. The number of hydrogen-bond acceptors (Lipinski definition) is 5. The van der Waals surface area contributed by atoms with Gasteiger partial charge in [-0.25, -0.2) is 4.98 Å². The summed E-state index contributed by atoms with van der Waals surface area (Å²) < 4.78 is 5.96. The van der Waals surface area contributed by atoms with Crippen LogP contribution in [0.3, 0.4) is 0 Å². The van der Waals surface area contributed by atoms with Crippen molar-refractivity contribution in [2.45, 2.75) is 57.1 Å². The molecule has 2 heterocycles. The highest BCUT2D eigenvalue weighted by Gasteiger charge is 2.25. The molecule has 7 nitrogen and oxygen atoms in total. The summed E-state index contributed by atoms with van der Waals surface area (Å²) in [4.78, 5) is 31.0. The lowest BCUT2D eigenvalue weighted by Gasteiger charge is -2.28. The minimum Gasteiger partial charge on any atom is -0.477 e. The summed E-state index contributed by atoms with van der Waals surface area (Å²) in [5.41, 5.74) is 1.94. The number of likely N-dealkylation sites (tertiary alicyclic amines) is 1. The third-order valence-corrected chi connectivity index (χ3v) is 6.55. The van der Waals surface area contributed by atoms with Crippen molar-refractivity contribution in [2.24, 2.45) is 0 Å². The lowest BCUT2D eigenvalue weighted by molar-refractivity contribution is -0.127. The van der Waals surface area contributed by atoms with E-state index in [1.54, 1.807) is 18.2 Å². The fraction of sp³-hybridized carbons (Fsp3) is 0.480. The predicted octanol–water partition coefficient (Wildman–Crippen LogP) is 3.83. The molecule has 0 bridgehead atoms. The summed E-state index contributed by atoms with van der Waals surface area (Å²) in [5, 5.41) is 13.8. The van der Waals surface area contributed by atoms with E-state index >= 15 is 0 Å². The molecule has 0 spiro atoms. The molecule has 1 saturated heterocycles. The second-order valence-corrected chi connectivity index (χ2v) is 9.14. The number of benzene rings is 1. The molecule has 8 heteroatoms. The van der Waals surface area contributed by atoms with Gasteiger partial charge in [0.05, 0.1) is 24.3 Å². The number of pyridine rings is 1. The highest BCUT2D eigenvalue weighted by molar-refractivity contribution is 6.30. The van der Waals surface area contributed by atoms with Crippen LogP contribution in [-0.4, -0.2) is 58.6 Å². The zero-order chi connectivity index (χ0) is 23.2. The number of carbonyl (C=O) groups excluding carboxylic acids is 2.